The Labute approximate surface area is 111 Å². The second-order valence-corrected chi connectivity index (χ2v) is 5.07. The van der Waals surface area contributed by atoms with Crippen LogP contribution in [0.4, 0.5) is 5.82 Å². The summed E-state index contributed by atoms with van der Waals surface area (Å²) in [6.45, 7) is 4.09. The van der Waals surface area contributed by atoms with Crippen molar-refractivity contribution in [3.8, 4) is 0 Å². The zero-order chi connectivity index (χ0) is 13.0. The lowest BCUT2D eigenvalue weighted by atomic mass is 10.3. The number of nitrogens with one attached hydrogen (secondary N) is 1. The Balaban J connectivity index is 2.06. The second kappa shape index (κ2) is 5.84. The van der Waals surface area contributed by atoms with Crippen LogP contribution in [-0.2, 0) is 5.75 Å². The summed E-state index contributed by atoms with van der Waals surface area (Å²) in [4.78, 5) is 8.85. The number of anilines is 1. The van der Waals surface area contributed by atoms with Gasteiger partial charge in [-0.05, 0) is 43.7 Å². The monoisotopic (exact) mass is 260 g/mol. The van der Waals surface area contributed by atoms with E-state index < -0.39 is 0 Å². The van der Waals surface area contributed by atoms with Crippen molar-refractivity contribution in [3.05, 3.63) is 47.3 Å². The van der Waals surface area contributed by atoms with Crippen LogP contribution in [0.1, 0.15) is 17.0 Å². The fraction of sp³-hybridized carbons (Fsp3) is 0.231. The number of nitrogens with zero attached hydrogens (tertiary/aromatic N) is 2. The van der Waals surface area contributed by atoms with Crippen molar-refractivity contribution in [3.63, 3.8) is 0 Å². The molecule has 2 heterocycles. The predicted molar refractivity (Wildman–Crippen MR) is 75.3 cm³/mol. The van der Waals surface area contributed by atoms with E-state index in [9.17, 15) is 0 Å². The molecule has 0 aromatic carbocycles. The van der Waals surface area contributed by atoms with E-state index in [0.717, 1.165) is 22.2 Å². The number of hydrogen-bond acceptors (Lipinski definition) is 5. The summed E-state index contributed by atoms with van der Waals surface area (Å²) in [6, 6.07) is 9.91. The second-order valence-electron chi connectivity index (χ2n) is 4.07. The molecule has 2 aromatic rings. The van der Waals surface area contributed by atoms with Crippen molar-refractivity contribution in [2.75, 3.05) is 5.43 Å². The average Bonchev–Trinajstić information content (AvgIpc) is 2.35. The van der Waals surface area contributed by atoms with Gasteiger partial charge in [-0.25, -0.2) is 15.8 Å². The Bertz CT molecular complexity index is 522. The van der Waals surface area contributed by atoms with E-state index in [4.69, 9.17) is 5.84 Å². The van der Waals surface area contributed by atoms with Gasteiger partial charge in [-0.2, -0.15) is 0 Å². The maximum Gasteiger partial charge on any atom is 0.140 e. The van der Waals surface area contributed by atoms with Gasteiger partial charge in [0.15, 0.2) is 0 Å². The molecule has 0 aliphatic heterocycles. The van der Waals surface area contributed by atoms with Crippen molar-refractivity contribution < 1.29 is 0 Å². The Morgan fingerprint density at radius 1 is 1.22 bits per heavy atom. The lowest BCUT2D eigenvalue weighted by Gasteiger charge is -2.05. The van der Waals surface area contributed by atoms with Gasteiger partial charge in [-0.3, -0.25) is 0 Å². The number of pyridine rings is 2. The SMILES string of the molecule is Cc1cc(C)nc(SCc2cccc(NN)n2)c1. The van der Waals surface area contributed by atoms with Gasteiger partial charge in [0.2, 0.25) is 0 Å². The number of nitrogens with two attached hydrogens (primary N) is 1. The Kier molecular flexibility index (Phi) is 4.17. The zero-order valence-electron chi connectivity index (χ0n) is 10.5. The maximum atomic E-state index is 5.33. The fourth-order valence-electron chi connectivity index (χ4n) is 1.67. The van der Waals surface area contributed by atoms with Gasteiger partial charge in [-0.15, -0.1) is 11.8 Å². The first-order chi connectivity index (χ1) is 8.67. The van der Waals surface area contributed by atoms with Crippen LogP contribution in [0.2, 0.25) is 0 Å². The zero-order valence-corrected chi connectivity index (χ0v) is 11.3. The van der Waals surface area contributed by atoms with E-state index in [2.05, 4.69) is 34.5 Å². The predicted octanol–water partition coefficient (Wildman–Crippen LogP) is 2.67. The standard InChI is InChI=1S/C13H16N4S/c1-9-6-10(2)15-13(7-9)18-8-11-4-3-5-12(16-11)17-14/h3-7H,8,14H2,1-2H3,(H,16,17). The molecule has 0 atom stereocenters. The van der Waals surface area contributed by atoms with Crippen molar-refractivity contribution in [1.82, 2.24) is 9.97 Å². The van der Waals surface area contributed by atoms with Crippen LogP contribution in [0.25, 0.3) is 0 Å². The Morgan fingerprint density at radius 2 is 2.06 bits per heavy atom. The van der Waals surface area contributed by atoms with E-state index in [1.54, 1.807) is 11.8 Å². The molecule has 2 rings (SSSR count). The van der Waals surface area contributed by atoms with E-state index in [1.807, 2.05) is 25.1 Å². The first-order valence-electron chi connectivity index (χ1n) is 5.68. The van der Waals surface area contributed by atoms with Crippen molar-refractivity contribution in [2.45, 2.75) is 24.6 Å². The molecule has 0 spiro atoms. The highest BCUT2D eigenvalue weighted by Gasteiger charge is 2.01. The number of hydrogen-bond donors (Lipinski definition) is 2. The van der Waals surface area contributed by atoms with Crippen LogP contribution in [0.15, 0.2) is 35.4 Å². The van der Waals surface area contributed by atoms with E-state index in [-0.39, 0.29) is 0 Å². The Hall–Kier alpha value is -1.59. The third-order valence-electron chi connectivity index (χ3n) is 2.40. The van der Waals surface area contributed by atoms with Gasteiger partial charge in [0.05, 0.1) is 10.7 Å². The summed E-state index contributed by atoms with van der Waals surface area (Å²) in [5.41, 5.74) is 5.81. The van der Waals surface area contributed by atoms with Crippen molar-refractivity contribution >= 4 is 17.6 Å². The van der Waals surface area contributed by atoms with Crippen LogP contribution in [0, 0.1) is 13.8 Å². The van der Waals surface area contributed by atoms with E-state index in [1.165, 1.54) is 5.56 Å². The summed E-state index contributed by atoms with van der Waals surface area (Å²) >= 11 is 1.68. The quantitative estimate of drug-likeness (QED) is 0.502. The molecular weight excluding hydrogens is 244 g/mol. The van der Waals surface area contributed by atoms with Gasteiger partial charge >= 0.3 is 0 Å². The molecule has 0 radical (unpaired) electrons. The minimum absolute atomic E-state index is 0.682. The highest BCUT2D eigenvalue weighted by molar-refractivity contribution is 7.98. The molecule has 0 aliphatic carbocycles. The number of rotatable bonds is 4. The summed E-state index contributed by atoms with van der Waals surface area (Å²) in [7, 11) is 0. The minimum Gasteiger partial charge on any atom is -0.308 e. The largest absolute Gasteiger partial charge is 0.308 e. The van der Waals surface area contributed by atoms with Gasteiger partial charge < -0.3 is 5.43 Å². The molecule has 0 saturated heterocycles. The number of aryl methyl sites for hydroxylation is 2. The third-order valence-corrected chi connectivity index (χ3v) is 3.34. The highest BCUT2D eigenvalue weighted by Crippen LogP contribution is 2.21. The lowest BCUT2D eigenvalue weighted by Crippen LogP contribution is -2.08. The number of thioether (sulfide) groups is 1. The molecule has 4 nitrogen and oxygen atoms in total. The van der Waals surface area contributed by atoms with E-state index >= 15 is 0 Å². The van der Waals surface area contributed by atoms with Crippen LogP contribution in [0.5, 0.6) is 0 Å². The fourth-order valence-corrected chi connectivity index (χ4v) is 2.60. The number of hydrazine groups is 1. The molecule has 0 amide bonds. The summed E-state index contributed by atoms with van der Waals surface area (Å²) in [6.07, 6.45) is 0. The van der Waals surface area contributed by atoms with Gasteiger partial charge in [0.25, 0.3) is 0 Å². The molecule has 0 fully saturated rings. The number of nitrogen functional groups attached to an aromatic ring is 1. The lowest BCUT2D eigenvalue weighted by molar-refractivity contribution is 1.04. The summed E-state index contributed by atoms with van der Waals surface area (Å²) in [5.74, 6) is 6.80. The number of aromatic nitrogens is 2. The third kappa shape index (κ3) is 3.45. The normalized spacial score (nSPS) is 10.4. The summed E-state index contributed by atoms with van der Waals surface area (Å²) in [5, 5.41) is 1.03. The Morgan fingerprint density at radius 3 is 2.78 bits per heavy atom. The summed E-state index contributed by atoms with van der Waals surface area (Å²) < 4.78 is 0. The molecule has 0 bridgehead atoms. The van der Waals surface area contributed by atoms with Crippen LogP contribution in [-0.4, -0.2) is 9.97 Å². The smallest absolute Gasteiger partial charge is 0.140 e. The topological polar surface area (TPSA) is 63.8 Å². The van der Waals surface area contributed by atoms with Crippen molar-refractivity contribution in [1.29, 1.82) is 0 Å². The van der Waals surface area contributed by atoms with Crippen LogP contribution in [0.3, 0.4) is 0 Å². The molecule has 0 unspecified atom stereocenters. The van der Waals surface area contributed by atoms with Gasteiger partial charge in [0, 0.05) is 11.4 Å². The highest BCUT2D eigenvalue weighted by atomic mass is 32.2. The molecule has 3 N–H and O–H groups in total. The maximum absolute atomic E-state index is 5.33. The molecule has 0 aliphatic rings. The van der Waals surface area contributed by atoms with Crippen LogP contribution < -0.4 is 11.3 Å². The van der Waals surface area contributed by atoms with Gasteiger partial charge in [0.1, 0.15) is 5.82 Å². The van der Waals surface area contributed by atoms with Gasteiger partial charge in [-0.1, -0.05) is 6.07 Å². The van der Waals surface area contributed by atoms with Crippen molar-refractivity contribution in [2.24, 2.45) is 5.84 Å². The molecular formula is C13H16N4S. The van der Waals surface area contributed by atoms with E-state index in [0.29, 0.717) is 5.82 Å². The molecule has 94 valence electrons. The molecule has 2 aromatic heterocycles. The first kappa shape index (κ1) is 12.9. The minimum atomic E-state index is 0.682. The molecule has 5 heteroatoms. The first-order valence-corrected chi connectivity index (χ1v) is 6.66. The molecule has 0 saturated carbocycles. The average molecular weight is 260 g/mol. The van der Waals surface area contributed by atoms with Crippen LogP contribution >= 0.6 is 11.8 Å². The molecule has 18 heavy (non-hydrogen) atoms.